The van der Waals surface area contributed by atoms with Gasteiger partial charge in [0, 0.05) is 23.5 Å². The van der Waals surface area contributed by atoms with Crippen molar-refractivity contribution in [3.8, 4) is 10.6 Å². The van der Waals surface area contributed by atoms with E-state index in [9.17, 15) is 9.59 Å². The fourth-order valence-corrected chi connectivity index (χ4v) is 4.15. The molecule has 1 aromatic heterocycles. The average Bonchev–Trinajstić information content (AvgIpc) is 3.08. The molecule has 0 radical (unpaired) electrons. The van der Waals surface area contributed by atoms with Crippen LogP contribution in [-0.2, 0) is 16.1 Å². The van der Waals surface area contributed by atoms with Crippen LogP contribution in [0.2, 0.25) is 0 Å². The quantitative estimate of drug-likeness (QED) is 0.796. The Morgan fingerprint density at radius 1 is 1.26 bits per heavy atom. The molecule has 2 amide bonds. The first-order chi connectivity index (χ1) is 13.1. The van der Waals surface area contributed by atoms with Crippen LogP contribution in [0.3, 0.4) is 0 Å². The van der Waals surface area contributed by atoms with Gasteiger partial charge in [-0.3, -0.25) is 4.79 Å². The maximum atomic E-state index is 12.4. The van der Waals surface area contributed by atoms with Crippen molar-refractivity contribution in [2.45, 2.75) is 33.2 Å². The Morgan fingerprint density at radius 2 is 1.96 bits per heavy atom. The molecule has 0 spiro atoms. The van der Waals surface area contributed by atoms with Crippen molar-refractivity contribution in [3.05, 3.63) is 40.9 Å². The van der Waals surface area contributed by atoms with Gasteiger partial charge in [-0.1, -0.05) is 30.3 Å². The number of likely N-dealkylation sites (tertiary alicyclic amines) is 1. The van der Waals surface area contributed by atoms with Crippen LogP contribution in [0.25, 0.3) is 10.6 Å². The number of piperidine rings is 1. The average molecular weight is 388 g/mol. The number of hydrogen-bond donors (Lipinski definition) is 1. The summed E-state index contributed by atoms with van der Waals surface area (Å²) in [4.78, 5) is 31.7. The molecule has 1 aromatic carbocycles. The van der Waals surface area contributed by atoms with Gasteiger partial charge in [0.05, 0.1) is 24.8 Å². The van der Waals surface area contributed by atoms with Gasteiger partial charge in [0.25, 0.3) is 0 Å². The molecular weight excluding hydrogens is 362 g/mol. The number of nitrogens with one attached hydrogen (secondary N) is 1. The molecule has 1 saturated heterocycles. The Balaban J connectivity index is 1.51. The van der Waals surface area contributed by atoms with E-state index in [1.165, 1.54) is 0 Å². The number of aryl methyl sites for hydroxylation is 1. The number of urea groups is 1. The lowest BCUT2D eigenvalue weighted by Gasteiger charge is -2.30. The standard InChI is InChI=1S/C20H25N3O3S/c1-3-26-19(24)16-9-11-23(12-10-16)20(25)21-13-17-14(2)22-18(27-17)15-7-5-4-6-8-15/h4-8,16H,3,9-13H2,1-2H3,(H,21,25). The minimum Gasteiger partial charge on any atom is -0.466 e. The van der Waals surface area contributed by atoms with Crippen LogP contribution in [0.15, 0.2) is 30.3 Å². The Hall–Kier alpha value is -2.41. The second kappa shape index (κ2) is 8.99. The second-order valence-electron chi connectivity index (χ2n) is 6.57. The summed E-state index contributed by atoms with van der Waals surface area (Å²) in [6.45, 7) is 5.80. The largest absolute Gasteiger partial charge is 0.466 e. The van der Waals surface area contributed by atoms with Gasteiger partial charge in [-0.15, -0.1) is 11.3 Å². The van der Waals surface area contributed by atoms with Gasteiger partial charge in [-0.2, -0.15) is 0 Å². The summed E-state index contributed by atoms with van der Waals surface area (Å²) in [6.07, 6.45) is 1.31. The third kappa shape index (κ3) is 4.86. The SMILES string of the molecule is CCOC(=O)C1CCN(C(=O)NCc2sc(-c3ccccc3)nc2C)CC1. The molecule has 0 atom stereocenters. The highest BCUT2D eigenvalue weighted by Gasteiger charge is 2.28. The molecule has 6 nitrogen and oxygen atoms in total. The maximum Gasteiger partial charge on any atom is 0.317 e. The summed E-state index contributed by atoms with van der Waals surface area (Å²) in [5.74, 6) is -0.238. The van der Waals surface area contributed by atoms with Crippen molar-refractivity contribution < 1.29 is 14.3 Å². The molecule has 7 heteroatoms. The Labute approximate surface area is 163 Å². The zero-order chi connectivity index (χ0) is 19.2. The summed E-state index contributed by atoms with van der Waals surface area (Å²) in [7, 11) is 0. The summed E-state index contributed by atoms with van der Waals surface area (Å²) >= 11 is 1.61. The highest BCUT2D eigenvalue weighted by Crippen LogP contribution is 2.27. The maximum absolute atomic E-state index is 12.4. The van der Waals surface area contributed by atoms with E-state index in [1.807, 2.05) is 44.2 Å². The zero-order valence-corrected chi connectivity index (χ0v) is 16.6. The van der Waals surface area contributed by atoms with Crippen molar-refractivity contribution in [1.82, 2.24) is 15.2 Å². The number of amides is 2. The van der Waals surface area contributed by atoms with Crippen LogP contribution in [-0.4, -0.2) is 41.6 Å². The number of benzene rings is 1. The zero-order valence-electron chi connectivity index (χ0n) is 15.7. The van der Waals surface area contributed by atoms with Gasteiger partial charge in [0.15, 0.2) is 0 Å². The predicted octanol–water partition coefficient (Wildman–Crippen LogP) is 3.60. The Bertz CT molecular complexity index is 783. The molecule has 2 heterocycles. The number of nitrogens with zero attached hydrogens (tertiary/aromatic N) is 2. The predicted molar refractivity (Wildman–Crippen MR) is 105 cm³/mol. The molecule has 1 fully saturated rings. The van der Waals surface area contributed by atoms with E-state index < -0.39 is 0 Å². The lowest BCUT2D eigenvalue weighted by molar-refractivity contribution is -0.149. The monoisotopic (exact) mass is 387 g/mol. The summed E-state index contributed by atoms with van der Waals surface area (Å²) in [5.41, 5.74) is 2.03. The van der Waals surface area contributed by atoms with E-state index in [0.717, 1.165) is 21.1 Å². The van der Waals surface area contributed by atoms with Crippen LogP contribution in [0.4, 0.5) is 4.79 Å². The minimum atomic E-state index is -0.147. The summed E-state index contributed by atoms with van der Waals surface area (Å²) < 4.78 is 5.07. The lowest BCUT2D eigenvalue weighted by atomic mass is 9.97. The molecule has 1 aliphatic rings. The highest BCUT2D eigenvalue weighted by molar-refractivity contribution is 7.15. The van der Waals surface area contributed by atoms with E-state index in [0.29, 0.717) is 39.1 Å². The molecule has 2 aromatic rings. The number of hydrogen-bond acceptors (Lipinski definition) is 5. The van der Waals surface area contributed by atoms with Crippen molar-refractivity contribution in [3.63, 3.8) is 0 Å². The van der Waals surface area contributed by atoms with Gasteiger partial charge >= 0.3 is 12.0 Å². The van der Waals surface area contributed by atoms with Crippen LogP contribution in [0.1, 0.15) is 30.3 Å². The van der Waals surface area contributed by atoms with Crippen molar-refractivity contribution in [2.24, 2.45) is 5.92 Å². The molecular formula is C20H25N3O3S. The second-order valence-corrected chi connectivity index (χ2v) is 7.65. The number of rotatable bonds is 5. The number of carbonyl (C=O) groups is 2. The fraction of sp³-hybridized carbons (Fsp3) is 0.450. The van der Waals surface area contributed by atoms with Gasteiger partial charge in [0.1, 0.15) is 5.01 Å². The molecule has 0 bridgehead atoms. The van der Waals surface area contributed by atoms with Crippen LogP contribution in [0, 0.1) is 12.8 Å². The molecule has 0 saturated carbocycles. The van der Waals surface area contributed by atoms with E-state index >= 15 is 0 Å². The van der Waals surface area contributed by atoms with Gasteiger partial charge < -0.3 is 15.0 Å². The Kier molecular flexibility index (Phi) is 6.45. The third-order valence-corrected chi connectivity index (χ3v) is 5.92. The van der Waals surface area contributed by atoms with E-state index in [4.69, 9.17) is 4.74 Å². The normalized spacial score (nSPS) is 14.8. The first-order valence-corrected chi connectivity index (χ1v) is 10.1. The van der Waals surface area contributed by atoms with Crippen LogP contribution < -0.4 is 5.32 Å². The number of esters is 1. The van der Waals surface area contributed by atoms with Gasteiger partial charge in [-0.05, 0) is 26.7 Å². The molecule has 1 N–H and O–H groups in total. The number of ether oxygens (including phenoxy) is 1. The topological polar surface area (TPSA) is 71.5 Å². The lowest BCUT2D eigenvalue weighted by Crippen LogP contribution is -2.45. The molecule has 144 valence electrons. The smallest absolute Gasteiger partial charge is 0.317 e. The fourth-order valence-electron chi connectivity index (χ4n) is 3.14. The molecule has 1 aliphatic heterocycles. The summed E-state index contributed by atoms with van der Waals surface area (Å²) in [6, 6.07) is 9.95. The molecule has 27 heavy (non-hydrogen) atoms. The van der Waals surface area contributed by atoms with E-state index in [2.05, 4.69) is 10.3 Å². The molecule has 0 aliphatic carbocycles. The van der Waals surface area contributed by atoms with Gasteiger partial charge in [-0.25, -0.2) is 9.78 Å². The van der Waals surface area contributed by atoms with Crippen LogP contribution >= 0.6 is 11.3 Å². The third-order valence-electron chi connectivity index (χ3n) is 4.72. The number of carbonyl (C=O) groups excluding carboxylic acids is 2. The summed E-state index contributed by atoms with van der Waals surface area (Å²) in [5, 5.41) is 3.95. The first kappa shape index (κ1) is 19.4. The highest BCUT2D eigenvalue weighted by atomic mass is 32.1. The first-order valence-electron chi connectivity index (χ1n) is 9.29. The Morgan fingerprint density at radius 3 is 2.63 bits per heavy atom. The number of aromatic nitrogens is 1. The number of thiazole rings is 1. The van der Waals surface area contributed by atoms with Crippen LogP contribution in [0.5, 0.6) is 0 Å². The van der Waals surface area contributed by atoms with Gasteiger partial charge in [0.2, 0.25) is 0 Å². The van der Waals surface area contributed by atoms with E-state index in [1.54, 1.807) is 16.2 Å². The van der Waals surface area contributed by atoms with E-state index in [-0.39, 0.29) is 17.9 Å². The van der Waals surface area contributed by atoms with Crippen molar-refractivity contribution in [2.75, 3.05) is 19.7 Å². The van der Waals surface area contributed by atoms with Crippen molar-refractivity contribution in [1.29, 1.82) is 0 Å². The minimum absolute atomic E-state index is 0.0913. The van der Waals surface area contributed by atoms with Crippen molar-refractivity contribution >= 4 is 23.3 Å². The molecule has 3 rings (SSSR count). The molecule has 0 unspecified atom stereocenters.